The lowest BCUT2D eigenvalue weighted by molar-refractivity contribution is -0.132. The number of ether oxygens (including phenoxy) is 1. The zero-order valence-electron chi connectivity index (χ0n) is 18.2. The summed E-state index contributed by atoms with van der Waals surface area (Å²) in [6.07, 6.45) is 5.38. The maximum absolute atomic E-state index is 12.6. The summed E-state index contributed by atoms with van der Waals surface area (Å²) in [4.78, 5) is 34.7. The van der Waals surface area contributed by atoms with Crippen LogP contribution in [0.3, 0.4) is 0 Å². The van der Waals surface area contributed by atoms with Gasteiger partial charge in [-0.3, -0.25) is 9.59 Å². The summed E-state index contributed by atoms with van der Waals surface area (Å²) in [6, 6.07) is 5.76. The second-order valence-electron chi connectivity index (χ2n) is 8.10. The van der Waals surface area contributed by atoms with E-state index in [0.717, 1.165) is 25.2 Å². The highest BCUT2D eigenvalue weighted by Gasteiger charge is 2.28. The van der Waals surface area contributed by atoms with Gasteiger partial charge in [0.25, 0.3) is 5.56 Å². The number of anilines is 2. The molecule has 1 atom stereocenters. The van der Waals surface area contributed by atoms with Crippen LogP contribution in [0.15, 0.2) is 29.3 Å². The van der Waals surface area contributed by atoms with E-state index in [1.54, 1.807) is 18.5 Å². The molecule has 2 saturated heterocycles. The van der Waals surface area contributed by atoms with Gasteiger partial charge >= 0.3 is 0 Å². The van der Waals surface area contributed by atoms with E-state index in [4.69, 9.17) is 21.6 Å². The third-order valence-electron chi connectivity index (χ3n) is 6.07. The number of nitrogens with zero attached hydrogens (tertiary/aromatic N) is 6. The van der Waals surface area contributed by atoms with Crippen LogP contribution >= 0.6 is 11.6 Å². The lowest BCUT2D eigenvalue weighted by Crippen LogP contribution is -2.49. The second-order valence-corrected chi connectivity index (χ2v) is 8.48. The molecule has 4 rings (SSSR count). The fraction of sp³-hybridized carbons (Fsp3) is 0.500. The maximum atomic E-state index is 12.6. The Balaban J connectivity index is 1.19. The summed E-state index contributed by atoms with van der Waals surface area (Å²) in [5.74, 6) is 0.897. The van der Waals surface area contributed by atoms with Gasteiger partial charge in [-0.2, -0.15) is 10.4 Å². The van der Waals surface area contributed by atoms with E-state index in [1.807, 2.05) is 11.0 Å². The Labute approximate surface area is 196 Å². The maximum Gasteiger partial charge on any atom is 0.285 e. The van der Waals surface area contributed by atoms with Crippen LogP contribution in [-0.2, 0) is 9.53 Å². The zero-order chi connectivity index (χ0) is 23.2. The van der Waals surface area contributed by atoms with E-state index in [9.17, 15) is 9.59 Å². The molecule has 10 nitrogen and oxygen atoms in total. The molecule has 174 valence electrons. The molecule has 1 amide bonds. The minimum absolute atomic E-state index is 0.0764. The first-order chi connectivity index (χ1) is 16.1. The number of halogens is 1. The fourth-order valence-corrected chi connectivity index (χ4v) is 4.46. The number of nitrogens with one attached hydrogen (secondary N) is 1. The molecule has 0 saturated carbocycles. The molecule has 0 aliphatic carbocycles. The summed E-state index contributed by atoms with van der Waals surface area (Å²) in [5, 5.41) is 15.2. The van der Waals surface area contributed by atoms with E-state index >= 15 is 0 Å². The molecule has 0 bridgehead atoms. The Morgan fingerprint density at radius 1 is 1.24 bits per heavy atom. The number of H-pyrrole nitrogens is 1. The minimum atomic E-state index is -0.401. The van der Waals surface area contributed by atoms with Crippen LogP contribution in [0.2, 0.25) is 5.02 Å². The topological polar surface area (TPSA) is 118 Å². The van der Waals surface area contributed by atoms with Crippen molar-refractivity contribution in [3.05, 3.63) is 45.5 Å². The Hall–Kier alpha value is -3.16. The van der Waals surface area contributed by atoms with Crippen LogP contribution in [0.4, 0.5) is 11.5 Å². The smallest absolute Gasteiger partial charge is 0.285 e. The van der Waals surface area contributed by atoms with Crippen LogP contribution < -0.4 is 15.4 Å². The number of piperazine rings is 1. The molecule has 11 heteroatoms. The van der Waals surface area contributed by atoms with E-state index in [1.165, 1.54) is 0 Å². The predicted octanol–water partition coefficient (Wildman–Crippen LogP) is 1.41. The van der Waals surface area contributed by atoms with Gasteiger partial charge in [0.2, 0.25) is 5.91 Å². The number of rotatable bonds is 7. The minimum Gasteiger partial charge on any atom is -0.379 e. The Morgan fingerprint density at radius 3 is 2.79 bits per heavy atom. The number of hydrogen-bond acceptors (Lipinski definition) is 8. The molecule has 2 aliphatic rings. The van der Waals surface area contributed by atoms with Crippen molar-refractivity contribution in [3.8, 4) is 6.07 Å². The van der Waals surface area contributed by atoms with Crippen molar-refractivity contribution in [2.24, 2.45) is 0 Å². The largest absolute Gasteiger partial charge is 0.379 e. The summed E-state index contributed by atoms with van der Waals surface area (Å²) < 4.78 is 5.83. The molecular formula is C22H26ClN7O3. The summed E-state index contributed by atoms with van der Waals surface area (Å²) in [5.41, 5.74) is 0.754. The van der Waals surface area contributed by atoms with E-state index in [2.05, 4.69) is 31.1 Å². The van der Waals surface area contributed by atoms with Gasteiger partial charge in [-0.25, -0.2) is 10.1 Å². The molecule has 0 radical (unpaired) electrons. The third kappa shape index (κ3) is 5.43. The van der Waals surface area contributed by atoms with Crippen molar-refractivity contribution >= 4 is 29.0 Å². The van der Waals surface area contributed by atoms with Crippen molar-refractivity contribution in [2.75, 3.05) is 55.7 Å². The number of carbonyl (C=O) groups excluding carboxylic acids is 1. The number of pyridine rings is 1. The standard InChI is InChI=1S/C22H26ClN7O3/c23-21-18(14-26-27-22(21)32)30-6-1-2-17(30)15-33-11-5-20(31)29-9-7-28(8-10-29)19-4-3-16(12-24)13-25-19/h3-4,13-14,17H,1-2,5-11,15H2,(H,27,32). The van der Waals surface area contributed by atoms with Crippen LogP contribution in [0.5, 0.6) is 0 Å². The molecule has 2 fully saturated rings. The predicted molar refractivity (Wildman–Crippen MR) is 123 cm³/mol. The average Bonchev–Trinajstić information content (AvgIpc) is 3.32. The van der Waals surface area contributed by atoms with Gasteiger partial charge < -0.3 is 19.4 Å². The molecule has 2 aromatic rings. The first kappa shape index (κ1) is 23.0. The molecule has 4 heterocycles. The first-order valence-corrected chi connectivity index (χ1v) is 11.4. The molecule has 33 heavy (non-hydrogen) atoms. The van der Waals surface area contributed by atoms with Crippen LogP contribution in [0.25, 0.3) is 0 Å². The van der Waals surface area contributed by atoms with Gasteiger partial charge in [0.1, 0.15) is 16.9 Å². The number of aromatic nitrogens is 3. The number of hydrogen-bond donors (Lipinski definition) is 1. The highest BCUT2D eigenvalue weighted by Crippen LogP contribution is 2.29. The van der Waals surface area contributed by atoms with Crippen molar-refractivity contribution in [1.82, 2.24) is 20.1 Å². The summed E-state index contributed by atoms with van der Waals surface area (Å²) >= 11 is 6.15. The van der Waals surface area contributed by atoms with Crippen molar-refractivity contribution in [2.45, 2.75) is 25.3 Å². The second kappa shape index (κ2) is 10.6. The number of nitriles is 1. The SMILES string of the molecule is N#Cc1ccc(N2CCN(C(=O)CCOCC3CCCN3c3cn[nH]c(=O)c3Cl)CC2)nc1. The van der Waals surface area contributed by atoms with E-state index in [-0.39, 0.29) is 17.0 Å². The van der Waals surface area contributed by atoms with Gasteiger partial charge in [0.05, 0.1) is 43.1 Å². The van der Waals surface area contributed by atoms with E-state index in [0.29, 0.717) is 57.1 Å². The summed E-state index contributed by atoms with van der Waals surface area (Å²) in [6.45, 7) is 4.27. The summed E-state index contributed by atoms with van der Waals surface area (Å²) in [7, 11) is 0. The monoisotopic (exact) mass is 471 g/mol. The Bertz CT molecular complexity index is 1060. The molecular weight excluding hydrogens is 446 g/mol. The van der Waals surface area contributed by atoms with Crippen LogP contribution in [0.1, 0.15) is 24.8 Å². The van der Waals surface area contributed by atoms with Crippen LogP contribution in [0, 0.1) is 11.3 Å². The number of carbonyl (C=O) groups is 1. The molecule has 0 spiro atoms. The molecule has 2 aromatic heterocycles. The third-order valence-corrected chi connectivity index (χ3v) is 6.43. The lowest BCUT2D eigenvalue weighted by atomic mass is 10.2. The lowest BCUT2D eigenvalue weighted by Gasteiger charge is -2.35. The Morgan fingerprint density at radius 2 is 2.06 bits per heavy atom. The van der Waals surface area contributed by atoms with Gasteiger partial charge in [-0.1, -0.05) is 11.6 Å². The highest BCUT2D eigenvalue weighted by atomic mass is 35.5. The number of amides is 1. The molecule has 0 aromatic carbocycles. The van der Waals surface area contributed by atoms with E-state index < -0.39 is 5.56 Å². The molecule has 2 aliphatic heterocycles. The number of aromatic amines is 1. The highest BCUT2D eigenvalue weighted by molar-refractivity contribution is 6.33. The van der Waals surface area contributed by atoms with Crippen molar-refractivity contribution in [3.63, 3.8) is 0 Å². The Kier molecular flexibility index (Phi) is 7.42. The molecule has 1 N–H and O–H groups in total. The first-order valence-electron chi connectivity index (χ1n) is 11.0. The quantitative estimate of drug-likeness (QED) is 0.602. The average molecular weight is 472 g/mol. The van der Waals surface area contributed by atoms with Crippen LogP contribution in [-0.4, -0.2) is 78.0 Å². The van der Waals surface area contributed by atoms with Gasteiger partial charge in [0.15, 0.2) is 0 Å². The molecule has 1 unspecified atom stereocenters. The normalized spacial score (nSPS) is 18.4. The van der Waals surface area contributed by atoms with Gasteiger partial charge in [-0.15, -0.1) is 0 Å². The zero-order valence-corrected chi connectivity index (χ0v) is 19.0. The van der Waals surface area contributed by atoms with Crippen molar-refractivity contribution < 1.29 is 9.53 Å². The van der Waals surface area contributed by atoms with Gasteiger partial charge in [-0.05, 0) is 25.0 Å². The van der Waals surface area contributed by atoms with Crippen molar-refractivity contribution in [1.29, 1.82) is 5.26 Å². The van der Waals surface area contributed by atoms with Gasteiger partial charge in [0, 0.05) is 38.9 Å². The fourth-order valence-electron chi connectivity index (χ4n) is 4.26.